The number of carbonyl (C=O) groups excluding carboxylic acids is 2. The molecular weight excluding hydrogens is 466 g/mol. The van der Waals surface area contributed by atoms with Crippen molar-refractivity contribution in [2.24, 2.45) is 0 Å². The number of amides is 2. The van der Waals surface area contributed by atoms with Crippen molar-refractivity contribution in [3.63, 3.8) is 0 Å². The van der Waals surface area contributed by atoms with E-state index in [1.54, 1.807) is 48.8 Å². The van der Waals surface area contributed by atoms with Crippen molar-refractivity contribution >= 4 is 50.7 Å². The number of halogens is 1. The van der Waals surface area contributed by atoms with Crippen molar-refractivity contribution in [2.45, 2.75) is 0 Å². The van der Waals surface area contributed by atoms with Gasteiger partial charge in [0.1, 0.15) is 10.6 Å². The van der Waals surface area contributed by atoms with Crippen molar-refractivity contribution < 1.29 is 9.59 Å². The number of nitrogens with zero attached hydrogens (tertiary/aromatic N) is 3. The predicted octanol–water partition coefficient (Wildman–Crippen LogP) is 4.87. The van der Waals surface area contributed by atoms with Gasteiger partial charge in [0, 0.05) is 39.4 Å². The number of hydrogen-bond acceptors (Lipinski definition) is 6. The van der Waals surface area contributed by atoms with Crippen LogP contribution >= 0.6 is 27.5 Å². The van der Waals surface area contributed by atoms with Crippen LogP contribution < -0.4 is 10.6 Å². The second kappa shape index (κ2) is 8.93. The van der Waals surface area contributed by atoms with Gasteiger partial charge in [-0.3, -0.25) is 14.6 Å². The lowest BCUT2D eigenvalue weighted by Crippen LogP contribution is -2.14. The van der Waals surface area contributed by atoms with Gasteiger partial charge in [0.05, 0.1) is 0 Å². The molecule has 0 atom stereocenters. The second-order valence-corrected chi connectivity index (χ2v) is 7.85. The fraction of sp³-hybridized carbons (Fsp3) is 0. The molecule has 0 aliphatic heterocycles. The van der Waals surface area contributed by atoms with Crippen molar-refractivity contribution in [1.82, 2.24) is 14.6 Å². The van der Waals surface area contributed by atoms with Crippen LogP contribution in [0.1, 0.15) is 20.0 Å². The zero-order valence-corrected chi connectivity index (χ0v) is 17.8. The Balaban J connectivity index is 1.50. The Labute approximate surface area is 184 Å². The van der Waals surface area contributed by atoms with E-state index in [1.807, 2.05) is 24.3 Å². The number of benzene rings is 2. The van der Waals surface area contributed by atoms with Crippen LogP contribution in [0, 0.1) is 0 Å². The third-order valence-electron chi connectivity index (χ3n) is 4.13. The second-order valence-electron chi connectivity index (χ2n) is 6.18. The van der Waals surface area contributed by atoms with E-state index in [0.717, 1.165) is 21.6 Å². The number of anilines is 2. The summed E-state index contributed by atoms with van der Waals surface area (Å²) in [6.45, 7) is 0. The van der Waals surface area contributed by atoms with Crippen molar-refractivity contribution in [1.29, 1.82) is 0 Å². The number of hydrogen-bond donors (Lipinski definition) is 2. The Morgan fingerprint density at radius 1 is 0.867 bits per heavy atom. The molecule has 2 aromatic heterocycles. The molecule has 0 radical (unpaired) electrons. The number of pyridine rings is 1. The summed E-state index contributed by atoms with van der Waals surface area (Å²) in [5.74, 6) is -0.578. The highest BCUT2D eigenvalue weighted by atomic mass is 79.9. The van der Waals surface area contributed by atoms with Gasteiger partial charge in [0.2, 0.25) is 0 Å². The van der Waals surface area contributed by atoms with Gasteiger partial charge in [-0.1, -0.05) is 38.6 Å². The molecule has 0 aliphatic carbocycles. The molecule has 0 saturated carbocycles. The summed E-state index contributed by atoms with van der Waals surface area (Å²) in [6.07, 6.45) is 3.11. The van der Waals surface area contributed by atoms with E-state index >= 15 is 0 Å². The zero-order valence-electron chi connectivity index (χ0n) is 15.4. The van der Waals surface area contributed by atoms with Crippen LogP contribution in [0.4, 0.5) is 11.4 Å². The van der Waals surface area contributed by atoms with E-state index < -0.39 is 0 Å². The molecule has 0 saturated heterocycles. The molecule has 2 aromatic carbocycles. The van der Waals surface area contributed by atoms with Gasteiger partial charge >= 0.3 is 0 Å². The Hall–Kier alpha value is -3.43. The maximum Gasteiger partial charge on any atom is 0.269 e. The van der Waals surface area contributed by atoms with Crippen molar-refractivity contribution in [2.75, 3.05) is 10.6 Å². The summed E-state index contributed by atoms with van der Waals surface area (Å²) < 4.78 is 4.87. The third-order valence-corrected chi connectivity index (χ3v) is 5.39. The molecule has 30 heavy (non-hydrogen) atoms. The van der Waals surface area contributed by atoms with Crippen molar-refractivity contribution in [3.05, 3.63) is 88.0 Å². The zero-order chi connectivity index (χ0) is 20.9. The highest BCUT2D eigenvalue weighted by Crippen LogP contribution is 2.26. The first-order valence-corrected chi connectivity index (χ1v) is 10.4. The van der Waals surface area contributed by atoms with Crippen LogP contribution in [0.25, 0.3) is 11.3 Å². The SMILES string of the molecule is O=C(Nc1cccc(NC(=O)c2snnc2-c2ccc(Br)cc2)c1)c1ccncc1. The number of aromatic nitrogens is 3. The van der Waals surface area contributed by atoms with Gasteiger partial charge in [0.15, 0.2) is 0 Å². The topological polar surface area (TPSA) is 96.9 Å². The van der Waals surface area contributed by atoms with Crippen LogP contribution in [0.2, 0.25) is 0 Å². The fourth-order valence-corrected chi connectivity index (χ4v) is 3.55. The first kappa shape index (κ1) is 19.9. The monoisotopic (exact) mass is 479 g/mol. The van der Waals surface area contributed by atoms with Gasteiger partial charge in [-0.15, -0.1) is 5.10 Å². The first-order valence-electron chi connectivity index (χ1n) is 8.81. The smallest absolute Gasteiger partial charge is 0.269 e. The molecule has 0 fully saturated rings. The minimum absolute atomic E-state index is 0.259. The van der Waals surface area contributed by atoms with E-state index in [9.17, 15) is 9.59 Å². The molecule has 4 aromatic rings. The van der Waals surface area contributed by atoms with E-state index in [1.165, 1.54) is 0 Å². The summed E-state index contributed by atoms with van der Waals surface area (Å²) >= 11 is 4.42. The average Bonchev–Trinajstić information content (AvgIpc) is 3.25. The Morgan fingerprint density at radius 3 is 2.23 bits per heavy atom. The molecule has 9 heteroatoms. The lowest BCUT2D eigenvalue weighted by atomic mass is 10.1. The summed E-state index contributed by atoms with van der Waals surface area (Å²) in [5.41, 5.74) is 2.92. The molecule has 0 spiro atoms. The molecule has 148 valence electrons. The van der Waals surface area contributed by atoms with Gasteiger partial charge in [0.25, 0.3) is 11.8 Å². The van der Waals surface area contributed by atoms with E-state index in [4.69, 9.17) is 0 Å². The number of nitrogens with one attached hydrogen (secondary N) is 2. The molecule has 7 nitrogen and oxygen atoms in total. The minimum Gasteiger partial charge on any atom is -0.322 e. The van der Waals surface area contributed by atoms with Crippen LogP contribution in [-0.4, -0.2) is 26.4 Å². The molecular formula is C21H14BrN5O2S. The van der Waals surface area contributed by atoms with Crippen LogP contribution in [0.15, 0.2) is 77.5 Å². The maximum atomic E-state index is 12.8. The normalized spacial score (nSPS) is 10.4. The molecule has 0 bridgehead atoms. The van der Waals surface area contributed by atoms with Gasteiger partial charge in [-0.05, 0) is 54.0 Å². The predicted molar refractivity (Wildman–Crippen MR) is 120 cm³/mol. The molecule has 0 unspecified atom stereocenters. The van der Waals surface area contributed by atoms with Crippen molar-refractivity contribution in [3.8, 4) is 11.3 Å². The summed E-state index contributed by atoms with van der Waals surface area (Å²) in [6, 6.07) is 17.7. The largest absolute Gasteiger partial charge is 0.322 e. The highest BCUT2D eigenvalue weighted by Gasteiger charge is 2.18. The first-order chi connectivity index (χ1) is 14.6. The summed E-state index contributed by atoms with van der Waals surface area (Å²) in [5, 5.41) is 9.74. The molecule has 2 heterocycles. The maximum absolute atomic E-state index is 12.8. The van der Waals surface area contributed by atoms with Gasteiger partial charge in [-0.2, -0.15) is 0 Å². The van der Waals surface area contributed by atoms with Crippen LogP contribution in [0.3, 0.4) is 0 Å². The van der Waals surface area contributed by atoms with Gasteiger partial charge < -0.3 is 10.6 Å². The quantitative estimate of drug-likeness (QED) is 0.425. The molecule has 2 N–H and O–H groups in total. The fourth-order valence-electron chi connectivity index (χ4n) is 2.71. The summed E-state index contributed by atoms with van der Waals surface area (Å²) in [7, 11) is 0. The molecule has 4 rings (SSSR count). The standard InChI is InChI=1S/C21H14BrN5O2S/c22-15-6-4-13(5-7-15)18-19(30-27-26-18)21(29)25-17-3-1-2-16(12-17)24-20(28)14-8-10-23-11-9-14/h1-12H,(H,24,28)(H,25,29). The number of rotatable bonds is 5. The van der Waals surface area contributed by atoms with E-state index in [-0.39, 0.29) is 11.8 Å². The van der Waals surface area contributed by atoms with Crippen LogP contribution in [-0.2, 0) is 0 Å². The summed E-state index contributed by atoms with van der Waals surface area (Å²) in [4.78, 5) is 29.4. The average molecular weight is 480 g/mol. The lowest BCUT2D eigenvalue weighted by molar-refractivity contribution is 0.102. The molecule has 2 amide bonds. The molecule has 0 aliphatic rings. The van der Waals surface area contributed by atoms with Gasteiger partial charge in [-0.25, -0.2) is 0 Å². The third kappa shape index (κ3) is 4.58. The lowest BCUT2D eigenvalue weighted by Gasteiger charge is -2.09. The van der Waals surface area contributed by atoms with E-state index in [2.05, 4.69) is 41.1 Å². The minimum atomic E-state index is -0.319. The Bertz CT molecular complexity index is 1200. The highest BCUT2D eigenvalue weighted by molar-refractivity contribution is 9.10. The van der Waals surface area contributed by atoms with Crippen LogP contribution in [0.5, 0.6) is 0 Å². The number of carbonyl (C=O) groups is 2. The Kier molecular flexibility index (Phi) is 5.92. The van der Waals surface area contributed by atoms with E-state index in [0.29, 0.717) is 27.5 Å². The Morgan fingerprint density at radius 2 is 1.53 bits per heavy atom.